The molecule has 0 spiro atoms. The van der Waals surface area contributed by atoms with Crippen LogP contribution in [0.25, 0.3) is 0 Å². The van der Waals surface area contributed by atoms with Crippen LogP contribution in [0.15, 0.2) is 64.0 Å². The van der Waals surface area contributed by atoms with Gasteiger partial charge in [-0.1, -0.05) is 40.2 Å². The first-order valence-electron chi connectivity index (χ1n) is 7.79. The smallest absolute Gasteiger partial charge is 0.238 e. The van der Waals surface area contributed by atoms with E-state index in [1.54, 1.807) is 12.1 Å². The molecule has 4 rings (SSSR count). The van der Waals surface area contributed by atoms with E-state index in [4.69, 9.17) is 5.14 Å². The molecule has 124 valence electrons. The van der Waals surface area contributed by atoms with Crippen molar-refractivity contribution in [1.29, 1.82) is 0 Å². The molecule has 2 aromatic carbocycles. The van der Waals surface area contributed by atoms with Crippen LogP contribution in [0.2, 0.25) is 0 Å². The van der Waals surface area contributed by atoms with E-state index in [1.165, 1.54) is 5.56 Å². The van der Waals surface area contributed by atoms with Crippen molar-refractivity contribution in [1.82, 2.24) is 0 Å². The summed E-state index contributed by atoms with van der Waals surface area (Å²) in [7, 11) is -3.69. The number of fused-ring (bicyclic) bond motifs is 3. The minimum atomic E-state index is -3.69. The normalized spacial score (nSPS) is 25.0. The summed E-state index contributed by atoms with van der Waals surface area (Å²) >= 11 is 3.48. The summed E-state index contributed by atoms with van der Waals surface area (Å²) in [4.78, 5) is 0.177. The lowest BCUT2D eigenvalue weighted by atomic mass is 9.77. The van der Waals surface area contributed by atoms with Gasteiger partial charge in [0.05, 0.1) is 10.9 Å². The predicted octanol–water partition coefficient (Wildman–Crippen LogP) is 3.92. The first-order chi connectivity index (χ1) is 11.4. The van der Waals surface area contributed by atoms with E-state index in [1.807, 2.05) is 18.2 Å². The van der Waals surface area contributed by atoms with Crippen molar-refractivity contribution in [2.75, 3.05) is 5.32 Å². The van der Waals surface area contributed by atoms with Gasteiger partial charge in [-0.2, -0.15) is 0 Å². The number of anilines is 1. The van der Waals surface area contributed by atoms with E-state index in [0.29, 0.717) is 5.92 Å². The minimum absolute atomic E-state index is 0.176. The number of nitrogens with two attached hydrogens (primary N) is 1. The fraction of sp³-hybridized carbons (Fsp3) is 0.222. The monoisotopic (exact) mass is 404 g/mol. The Bertz CT molecular complexity index is 923. The van der Waals surface area contributed by atoms with Crippen molar-refractivity contribution in [2.45, 2.75) is 23.3 Å². The van der Waals surface area contributed by atoms with E-state index in [0.717, 1.165) is 22.1 Å². The lowest BCUT2D eigenvalue weighted by molar-refractivity contribution is 0.457. The fourth-order valence-corrected chi connectivity index (χ4v) is 4.56. The molecule has 3 unspecified atom stereocenters. The highest BCUT2D eigenvalue weighted by Gasteiger charge is 2.38. The molecule has 4 nitrogen and oxygen atoms in total. The first-order valence-corrected chi connectivity index (χ1v) is 10.1. The average molecular weight is 405 g/mol. The van der Waals surface area contributed by atoms with Crippen LogP contribution in [0.3, 0.4) is 0 Å². The average Bonchev–Trinajstić information content (AvgIpc) is 3.03. The van der Waals surface area contributed by atoms with Crippen molar-refractivity contribution in [3.05, 3.63) is 70.2 Å². The molecule has 1 heterocycles. The third-order valence-electron chi connectivity index (χ3n) is 4.89. The summed E-state index contributed by atoms with van der Waals surface area (Å²) in [5.74, 6) is 0.575. The van der Waals surface area contributed by atoms with Crippen LogP contribution < -0.4 is 10.5 Å². The number of hydrogen-bond donors (Lipinski definition) is 2. The second kappa shape index (κ2) is 5.72. The van der Waals surface area contributed by atoms with Gasteiger partial charge in [-0.25, -0.2) is 13.6 Å². The van der Waals surface area contributed by atoms with Crippen LogP contribution >= 0.6 is 15.9 Å². The van der Waals surface area contributed by atoms with E-state index >= 15 is 0 Å². The van der Waals surface area contributed by atoms with E-state index in [-0.39, 0.29) is 16.9 Å². The molecule has 0 bridgehead atoms. The van der Waals surface area contributed by atoms with Crippen molar-refractivity contribution in [2.24, 2.45) is 11.1 Å². The summed E-state index contributed by atoms with van der Waals surface area (Å²) < 4.78 is 24.4. The zero-order valence-electron chi connectivity index (χ0n) is 12.8. The van der Waals surface area contributed by atoms with E-state index < -0.39 is 10.0 Å². The Balaban J connectivity index is 1.78. The molecule has 1 aliphatic heterocycles. The number of rotatable bonds is 2. The SMILES string of the molecule is NS(=O)(=O)c1ccc2c(c1)C1CC=CC1C(c1ccc(Br)cc1)N2. The number of primary sulfonamides is 1. The fourth-order valence-electron chi connectivity index (χ4n) is 3.75. The van der Waals surface area contributed by atoms with Crippen molar-refractivity contribution in [3.63, 3.8) is 0 Å². The van der Waals surface area contributed by atoms with Gasteiger partial charge in [0, 0.05) is 16.1 Å². The molecule has 0 fully saturated rings. The Hall–Kier alpha value is -1.63. The van der Waals surface area contributed by atoms with Gasteiger partial charge in [-0.15, -0.1) is 0 Å². The number of benzene rings is 2. The quantitative estimate of drug-likeness (QED) is 0.744. The maximum absolute atomic E-state index is 11.7. The summed E-state index contributed by atoms with van der Waals surface area (Å²) in [6.07, 6.45) is 5.33. The van der Waals surface area contributed by atoms with Crippen molar-refractivity contribution < 1.29 is 8.42 Å². The highest BCUT2D eigenvalue weighted by Crippen LogP contribution is 2.50. The van der Waals surface area contributed by atoms with Crippen molar-refractivity contribution >= 4 is 31.6 Å². The zero-order valence-corrected chi connectivity index (χ0v) is 15.2. The minimum Gasteiger partial charge on any atom is -0.377 e. The molecule has 0 saturated heterocycles. The predicted molar refractivity (Wildman–Crippen MR) is 98.3 cm³/mol. The molecular weight excluding hydrogens is 388 g/mol. The summed E-state index contributed by atoms with van der Waals surface area (Å²) in [6.45, 7) is 0. The largest absolute Gasteiger partial charge is 0.377 e. The lowest BCUT2D eigenvalue weighted by Crippen LogP contribution is -2.29. The van der Waals surface area contributed by atoms with Gasteiger partial charge in [-0.3, -0.25) is 0 Å². The van der Waals surface area contributed by atoms with Crippen LogP contribution in [0, 0.1) is 5.92 Å². The van der Waals surface area contributed by atoms with Crippen LogP contribution in [-0.4, -0.2) is 8.42 Å². The third-order valence-corrected chi connectivity index (χ3v) is 6.33. The molecule has 1 aliphatic carbocycles. The second-order valence-corrected chi connectivity index (χ2v) is 8.79. The Labute approximate surface area is 149 Å². The number of nitrogens with one attached hydrogen (secondary N) is 1. The zero-order chi connectivity index (χ0) is 16.9. The van der Waals surface area contributed by atoms with Gasteiger partial charge in [0.25, 0.3) is 0 Å². The number of halogens is 1. The van der Waals surface area contributed by atoms with Crippen LogP contribution in [0.1, 0.15) is 29.5 Å². The molecular formula is C18H17BrN2O2S. The number of hydrogen-bond acceptors (Lipinski definition) is 3. The number of sulfonamides is 1. The molecule has 2 aliphatic rings. The van der Waals surface area contributed by atoms with Crippen LogP contribution in [0.4, 0.5) is 5.69 Å². The molecule has 0 radical (unpaired) electrons. The topological polar surface area (TPSA) is 72.2 Å². The molecule has 24 heavy (non-hydrogen) atoms. The Morgan fingerprint density at radius 2 is 1.88 bits per heavy atom. The standard InChI is InChI=1S/C18H17BrN2O2S/c19-12-6-4-11(5-7-12)18-15-3-1-2-14(15)16-10-13(24(20,22)23)8-9-17(16)21-18/h1,3-10,14-15,18,21H,2H2,(H2,20,22,23). The molecule has 3 atom stereocenters. The molecule has 3 N–H and O–H groups in total. The van der Waals surface area contributed by atoms with Gasteiger partial charge in [0.1, 0.15) is 0 Å². The number of allylic oxidation sites excluding steroid dienone is 1. The van der Waals surface area contributed by atoms with Gasteiger partial charge in [0.15, 0.2) is 0 Å². The van der Waals surface area contributed by atoms with Crippen LogP contribution in [0.5, 0.6) is 0 Å². The van der Waals surface area contributed by atoms with Gasteiger partial charge in [-0.05, 0) is 53.8 Å². The van der Waals surface area contributed by atoms with E-state index in [9.17, 15) is 8.42 Å². The molecule has 0 saturated carbocycles. The molecule has 0 amide bonds. The molecule has 6 heteroatoms. The maximum atomic E-state index is 11.7. The summed E-state index contributed by atoms with van der Waals surface area (Å²) in [5.41, 5.74) is 3.24. The summed E-state index contributed by atoms with van der Waals surface area (Å²) in [5, 5.41) is 8.87. The molecule has 0 aromatic heterocycles. The highest BCUT2D eigenvalue weighted by molar-refractivity contribution is 9.10. The Morgan fingerprint density at radius 1 is 1.12 bits per heavy atom. The highest BCUT2D eigenvalue weighted by atomic mass is 79.9. The van der Waals surface area contributed by atoms with Gasteiger partial charge < -0.3 is 5.32 Å². The summed E-state index contributed by atoms with van der Waals surface area (Å²) in [6, 6.07) is 13.6. The lowest BCUT2D eigenvalue weighted by Gasteiger charge is -2.37. The molecule has 2 aromatic rings. The third kappa shape index (κ3) is 2.68. The Kier molecular flexibility index (Phi) is 3.78. The Morgan fingerprint density at radius 3 is 2.58 bits per heavy atom. The van der Waals surface area contributed by atoms with Crippen LogP contribution in [-0.2, 0) is 10.0 Å². The second-order valence-electron chi connectivity index (χ2n) is 6.32. The maximum Gasteiger partial charge on any atom is 0.238 e. The first kappa shape index (κ1) is 15.9. The van der Waals surface area contributed by atoms with E-state index in [2.05, 4.69) is 45.5 Å². The van der Waals surface area contributed by atoms with Gasteiger partial charge in [0.2, 0.25) is 10.0 Å². The van der Waals surface area contributed by atoms with Gasteiger partial charge >= 0.3 is 0 Å². The van der Waals surface area contributed by atoms with Crippen molar-refractivity contribution in [3.8, 4) is 0 Å².